The molecule has 0 saturated carbocycles. The molecule has 0 spiro atoms. The van der Waals surface area contributed by atoms with Crippen LogP contribution in [0.4, 0.5) is 5.69 Å². The number of hydrogen-bond donors (Lipinski definition) is 2. The zero-order valence-electron chi connectivity index (χ0n) is 15.2. The molecule has 0 bridgehead atoms. The number of hydrogen-bond acceptors (Lipinski definition) is 4. The molecule has 6 nitrogen and oxygen atoms in total. The molecule has 0 heterocycles. The van der Waals surface area contributed by atoms with Gasteiger partial charge in [0.05, 0.1) is 24.6 Å². The predicted molar refractivity (Wildman–Crippen MR) is 103 cm³/mol. The normalized spacial score (nSPS) is 12.3. The van der Waals surface area contributed by atoms with Crippen LogP contribution in [0.1, 0.15) is 42.2 Å². The molecule has 1 amide bonds. The number of carbonyl (C=O) groups is 1. The topological polar surface area (TPSA) is 84.5 Å². The van der Waals surface area contributed by atoms with Crippen LogP contribution in [0, 0.1) is 0 Å². The van der Waals surface area contributed by atoms with Gasteiger partial charge in [0.15, 0.2) is 0 Å². The second kappa shape index (κ2) is 8.71. The van der Waals surface area contributed by atoms with Crippen molar-refractivity contribution in [3.8, 4) is 5.75 Å². The molecule has 140 valence electrons. The molecule has 0 fully saturated rings. The Morgan fingerprint density at radius 3 is 2.58 bits per heavy atom. The van der Waals surface area contributed by atoms with Gasteiger partial charge in [-0.25, -0.2) is 8.42 Å². The SMILES string of the molecule is CCCOc1cccc(C(=O)NC(C)c2ccccc2NS(C)(=O)=O)c1. The summed E-state index contributed by atoms with van der Waals surface area (Å²) in [5, 5.41) is 2.89. The molecule has 2 aromatic rings. The number of anilines is 1. The minimum absolute atomic E-state index is 0.256. The van der Waals surface area contributed by atoms with Crippen molar-refractivity contribution in [1.82, 2.24) is 5.32 Å². The highest BCUT2D eigenvalue weighted by atomic mass is 32.2. The number of nitrogens with one attached hydrogen (secondary N) is 2. The van der Waals surface area contributed by atoms with Gasteiger partial charge in [0, 0.05) is 5.56 Å². The first-order valence-electron chi connectivity index (χ1n) is 8.40. The molecule has 0 aliphatic carbocycles. The summed E-state index contributed by atoms with van der Waals surface area (Å²) in [7, 11) is -3.41. The summed E-state index contributed by atoms with van der Waals surface area (Å²) >= 11 is 0. The first-order chi connectivity index (χ1) is 12.3. The molecule has 0 saturated heterocycles. The Morgan fingerprint density at radius 2 is 1.88 bits per heavy atom. The lowest BCUT2D eigenvalue weighted by Crippen LogP contribution is -2.27. The standard InChI is InChI=1S/C19H24N2O4S/c1-4-12-25-16-9-7-8-15(13-16)19(22)20-14(2)17-10-5-6-11-18(17)21-26(3,23)24/h5-11,13-14,21H,4,12H2,1-3H3,(H,20,22). The van der Waals surface area contributed by atoms with Crippen LogP contribution in [-0.4, -0.2) is 27.2 Å². The lowest BCUT2D eigenvalue weighted by Gasteiger charge is -2.18. The molecule has 26 heavy (non-hydrogen) atoms. The van der Waals surface area contributed by atoms with Crippen molar-refractivity contribution >= 4 is 21.6 Å². The van der Waals surface area contributed by atoms with E-state index < -0.39 is 10.0 Å². The number of amides is 1. The minimum Gasteiger partial charge on any atom is -0.494 e. The Morgan fingerprint density at radius 1 is 1.15 bits per heavy atom. The zero-order chi connectivity index (χ0) is 19.2. The second-order valence-electron chi connectivity index (χ2n) is 6.03. The highest BCUT2D eigenvalue weighted by molar-refractivity contribution is 7.92. The van der Waals surface area contributed by atoms with Crippen LogP contribution in [0.2, 0.25) is 0 Å². The van der Waals surface area contributed by atoms with Crippen LogP contribution in [0.25, 0.3) is 0 Å². The van der Waals surface area contributed by atoms with Gasteiger partial charge in [-0.05, 0) is 43.2 Å². The zero-order valence-corrected chi connectivity index (χ0v) is 16.0. The lowest BCUT2D eigenvalue weighted by atomic mass is 10.1. The summed E-state index contributed by atoms with van der Waals surface area (Å²) in [6.07, 6.45) is 1.98. The van der Waals surface area contributed by atoms with Crippen LogP contribution in [0.15, 0.2) is 48.5 Å². The van der Waals surface area contributed by atoms with Gasteiger partial charge in [0.2, 0.25) is 10.0 Å². The van der Waals surface area contributed by atoms with Crippen LogP contribution in [-0.2, 0) is 10.0 Å². The number of carbonyl (C=O) groups excluding carboxylic acids is 1. The van der Waals surface area contributed by atoms with Gasteiger partial charge in [0.25, 0.3) is 5.91 Å². The van der Waals surface area contributed by atoms with E-state index in [2.05, 4.69) is 10.0 Å². The van der Waals surface area contributed by atoms with Crippen LogP contribution in [0.5, 0.6) is 5.75 Å². The van der Waals surface area contributed by atoms with Crippen molar-refractivity contribution in [3.05, 3.63) is 59.7 Å². The number of ether oxygens (including phenoxy) is 1. The summed E-state index contributed by atoms with van der Waals surface area (Å²) in [5.74, 6) is 0.389. The Labute approximate surface area is 154 Å². The summed E-state index contributed by atoms with van der Waals surface area (Å²) < 4.78 is 31.1. The van der Waals surface area contributed by atoms with E-state index in [0.29, 0.717) is 29.2 Å². The van der Waals surface area contributed by atoms with Gasteiger partial charge in [-0.1, -0.05) is 31.2 Å². The fourth-order valence-corrected chi connectivity index (χ4v) is 3.06. The van der Waals surface area contributed by atoms with Gasteiger partial charge >= 0.3 is 0 Å². The van der Waals surface area contributed by atoms with Gasteiger partial charge in [-0.15, -0.1) is 0 Å². The van der Waals surface area contributed by atoms with E-state index in [1.165, 1.54) is 0 Å². The Balaban J connectivity index is 2.15. The quantitative estimate of drug-likeness (QED) is 0.740. The third kappa shape index (κ3) is 5.77. The average molecular weight is 376 g/mol. The molecule has 0 aromatic heterocycles. The van der Waals surface area contributed by atoms with Crippen LogP contribution in [0.3, 0.4) is 0 Å². The molecule has 0 aliphatic rings. The summed E-state index contributed by atoms with van der Waals surface area (Å²) in [5.41, 5.74) is 1.62. The average Bonchev–Trinajstić information content (AvgIpc) is 2.59. The third-order valence-electron chi connectivity index (χ3n) is 3.64. The van der Waals surface area contributed by atoms with Crippen molar-refractivity contribution < 1.29 is 17.9 Å². The minimum atomic E-state index is -3.41. The van der Waals surface area contributed by atoms with E-state index in [-0.39, 0.29) is 11.9 Å². The number of sulfonamides is 1. The number of rotatable bonds is 8. The number of benzene rings is 2. The molecule has 0 aliphatic heterocycles. The van der Waals surface area contributed by atoms with E-state index in [9.17, 15) is 13.2 Å². The molecule has 1 unspecified atom stereocenters. The van der Waals surface area contributed by atoms with Gasteiger partial charge in [0.1, 0.15) is 5.75 Å². The van der Waals surface area contributed by atoms with E-state index in [1.54, 1.807) is 55.5 Å². The van der Waals surface area contributed by atoms with E-state index >= 15 is 0 Å². The monoisotopic (exact) mass is 376 g/mol. The fraction of sp³-hybridized carbons (Fsp3) is 0.316. The molecule has 2 N–H and O–H groups in total. The first kappa shape index (κ1) is 19.8. The Kier molecular flexibility index (Phi) is 6.63. The summed E-state index contributed by atoms with van der Waals surface area (Å²) in [4.78, 5) is 12.5. The maximum absolute atomic E-state index is 12.5. The maximum atomic E-state index is 12.5. The summed E-state index contributed by atoms with van der Waals surface area (Å²) in [6, 6.07) is 13.6. The largest absolute Gasteiger partial charge is 0.494 e. The predicted octanol–water partition coefficient (Wildman–Crippen LogP) is 3.34. The Hall–Kier alpha value is -2.54. The molecule has 2 aromatic carbocycles. The Bertz CT molecular complexity index is 865. The highest BCUT2D eigenvalue weighted by Crippen LogP contribution is 2.24. The highest BCUT2D eigenvalue weighted by Gasteiger charge is 2.16. The second-order valence-corrected chi connectivity index (χ2v) is 7.78. The van der Waals surface area contributed by atoms with E-state index in [1.807, 2.05) is 6.92 Å². The van der Waals surface area contributed by atoms with Gasteiger partial charge in [-0.2, -0.15) is 0 Å². The molecule has 7 heteroatoms. The van der Waals surface area contributed by atoms with Crippen LogP contribution < -0.4 is 14.8 Å². The van der Waals surface area contributed by atoms with Crippen molar-refractivity contribution in [3.63, 3.8) is 0 Å². The van der Waals surface area contributed by atoms with Gasteiger partial charge < -0.3 is 10.1 Å². The molecular formula is C19H24N2O4S. The van der Waals surface area contributed by atoms with E-state index in [4.69, 9.17) is 4.74 Å². The van der Waals surface area contributed by atoms with Crippen molar-refractivity contribution in [2.75, 3.05) is 17.6 Å². The maximum Gasteiger partial charge on any atom is 0.251 e. The molecule has 1 atom stereocenters. The summed E-state index contributed by atoms with van der Waals surface area (Å²) in [6.45, 7) is 4.41. The molecule has 2 rings (SSSR count). The number of para-hydroxylation sites is 1. The van der Waals surface area contributed by atoms with E-state index in [0.717, 1.165) is 12.7 Å². The first-order valence-corrected chi connectivity index (χ1v) is 10.3. The van der Waals surface area contributed by atoms with Gasteiger partial charge in [-0.3, -0.25) is 9.52 Å². The molecular weight excluding hydrogens is 352 g/mol. The molecule has 0 radical (unpaired) electrons. The smallest absolute Gasteiger partial charge is 0.251 e. The van der Waals surface area contributed by atoms with Crippen LogP contribution >= 0.6 is 0 Å². The third-order valence-corrected chi connectivity index (χ3v) is 4.23. The fourth-order valence-electron chi connectivity index (χ4n) is 2.47. The van der Waals surface area contributed by atoms with Crippen molar-refractivity contribution in [1.29, 1.82) is 0 Å². The van der Waals surface area contributed by atoms with Crippen molar-refractivity contribution in [2.24, 2.45) is 0 Å². The lowest BCUT2D eigenvalue weighted by molar-refractivity contribution is 0.0939. The van der Waals surface area contributed by atoms with Crippen molar-refractivity contribution in [2.45, 2.75) is 26.3 Å².